The van der Waals surface area contributed by atoms with Gasteiger partial charge in [0.15, 0.2) is 5.11 Å². The van der Waals surface area contributed by atoms with Crippen molar-refractivity contribution in [2.24, 2.45) is 0 Å². The first-order chi connectivity index (χ1) is 16.7. The quantitative estimate of drug-likeness (QED) is 0.152. The highest BCUT2D eigenvalue weighted by Gasteiger charge is 2.35. The van der Waals surface area contributed by atoms with Crippen molar-refractivity contribution < 1.29 is 23.6 Å². The van der Waals surface area contributed by atoms with Crippen LogP contribution in [0.25, 0.3) is 6.08 Å². The van der Waals surface area contributed by atoms with E-state index in [4.69, 9.17) is 17.0 Å². The van der Waals surface area contributed by atoms with Crippen LogP contribution in [0, 0.1) is 15.9 Å². The fourth-order valence-corrected chi connectivity index (χ4v) is 4.06. The van der Waals surface area contributed by atoms with Gasteiger partial charge in [0.2, 0.25) is 0 Å². The van der Waals surface area contributed by atoms with Gasteiger partial charge in [-0.25, -0.2) is 9.29 Å². The van der Waals surface area contributed by atoms with Crippen LogP contribution in [0.3, 0.4) is 0 Å². The summed E-state index contributed by atoms with van der Waals surface area (Å²) in [6.07, 6.45) is 1.37. The summed E-state index contributed by atoms with van der Waals surface area (Å²) in [6.45, 7) is 0.174. The molecule has 0 saturated carbocycles. The van der Waals surface area contributed by atoms with Crippen molar-refractivity contribution in [3.05, 3.63) is 104 Å². The van der Waals surface area contributed by atoms with Gasteiger partial charge in [0, 0.05) is 12.1 Å². The van der Waals surface area contributed by atoms with Gasteiger partial charge < -0.3 is 4.74 Å². The van der Waals surface area contributed by atoms with Crippen LogP contribution >= 0.6 is 28.1 Å². The summed E-state index contributed by atoms with van der Waals surface area (Å²) in [5.74, 6) is -1.62. The van der Waals surface area contributed by atoms with E-state index in [1.165, 1.54) is 36.4 Å². The van der Waals surface area contributed by atoms with Gasteiger partial charge in [-0.3, -0.25) is 25.0 Å². The maximum absolute atomic E-state index is 14.3. The second-order valence-electron chi connectivity index (χ2n) is 7.31. The van der Waals surface area contributed by atoms with E-state index in [0.717, 1.165) is 10.5 Å². The molecule has 176 valence electrons. The van der Waals surface area contributed by atoms with Crippen molar-refractivity contribution in [3.63, 3.8) is 0 Å². The molecule has 3 aromatic rings. The number of amides is 2. The van der Waals surface area contributed by atoms with Crippen LogP contribution in [-0.2, 0) is 16.2 Å². The number of carbonyl (C=O) groups excluding carboxylic acids is 2. The first kappa shape index (κ1) is 24.2. The second-order valence-corrected chi connectivity index (χ2v) is 8.55. The standard InChI is InChI=1S/C24H15BrFN3O5S/c25-18-12-15(7-10-21(18)34-13-14-5-8-16(9-6-14)29(32)33)11-17-22(30)27-24(35)28(23(17)31)20-4-2-1-3-19(20)26/h1-12H,13H2,(H,27,30,35)/b17-11+. The minimum Gasteiger partial charge on any atom is -0.488 e. The van der Waals surface area contributed by atoms with E-state index < -0.39 is 22.6 Å². The van der Waals surface area contributed by atoms with Crippen LogP contribution in [0.4, 0.5) is 15.8 Å². The molecule has 0 unspecified atom stereocenters. The number of nitro groups is 1. The third kappa shape index (κ3) is 5.26. The van der Waals surface area contributed by atoms with Gasteiger partial charge in [0.1, 0.15) is 23.7 Å². The molecule has 0 radical (unpaired) electrons. The van der Waals surface area contributed by atoms with Crippen molar-refractivity contribution in [1.82, 2.24) is 5.32 Å². The fraction of sp³-hybridized carbons (Fsp3) is 0.0417. The second kappa shape index (κ2) is 10.1. The van der Waals surface area contributed by atoms with Crippen LogP contribution in [0.5, 0.6) is 5.75 Å². The third-order valence-electron chi connectivity index (χ3n) is 5.00. The number of hydrogen-bond donors (Lipinski definition) is 1. The van der Waals surface area contributed by atoms with E-state index in [9.17, 15) is 24.1 Å². The topological polar surface area (TPSA) is 102 Å². The van der Waals surface area contributed by atoms with Gasteiger partial charge in [-0.2, -0.15) is 0 Å². The maximum Gasteiger partial charge on any atom is 0.270 e. The average Bonchev–Trinajstić information content (AvgIpc) is 2.82. The Morgan fingerprint density at radius 2 is 1.83 bits per heavy atom. The Balaban J connectivity index is 1.53. The Labute approximate surface area is 212 Å². The number of halogens is 2. The number of benzene rings is 3. The van der Waals surface area contributed by atoms with E-state index in [-0.39, 0.29) is 28.7 Å². The summed E-state index contributed by atoms with van der Waals surface area (Å²) in [4.78, 5) is 36.7. The predicted molar refractivity (Wildman–Crippen MR) is 134 cm³/mol. The molecule has 1 aliphatic rings. The molecule has 0 spiro atoms. The Morgan fingerprint density at radius 1 is 1.11 bits per heavy atom. The summed E-state index contributed by atoms with van der Waals surface area (Å²) in [7, 11) is 0. The van der Waals surface area contributed by atoms with Crippen molar-refractivity contribution in [1.29, 1.82) is 0 Å². The molecule has 1 aliphatic heterocycles. The molecule has 35 heavy (non-hydrogen) atoms. The van der Waals surface area contributed by atoms with Crippen LogP contribution in [0.15, 0.2) is 76.8 Å². The van der Waals surface area contributed by atoms with E-state index >= 15 is 0 Å². The number of anilines is 1. The molecular formula is C24H15BrFN3O5S. The molecule has 1 N–H and O–H groups in total. The average molecular weight is 556 g/mol. The lowest BCUT2D eigenvalue weighted by molar-refractivity contribution is -0.384. The molecule has 0 aromatic heterocycles. The molecule has 0 atom stereocenters. The highest BCUT2D eigenvalue weighted by Crippen LogP contribution is 2.29. The highest BCUT2D eigenvalue weighted by molar-refractivity contribution is 9.10. The fourth-order valence-electron chi connectivity index (χ4n) is 3.27. The van der Waals surface area contributed by atoms with Crippen molar-refractivity contribution in [2.75, 3.05) is 4.90 Å². The molecule has 1 fully saturated rings. The summed E-state index contributed by atoms with van der Waals surface area (Å²) in [6, 6.07) is 16.6. The Bertz CT molecular complexity index is 1390. The lowest BCUT2D eigenvalue weighted by Gasteiger charge is -2.29. The molecule has 0 aliphatic carbocycles. The summed E-state index contributed by atoms with van der Waals surface area (Å²) >= 11 is 8.49. The number of hydrogen-bond acceptors (Lipinski definition) is 6. The zero-order valence-electron chi connectivity index (χ0n) is 17.7. The normalized spacial score (nSPS) is 14.7. The third-order valence-corrected chi connectivity index (χ3v) is 5.91. The van der Waals surface area contributed by atoms with E-state index in [1.807, 2.05) is 0 Å². The maximum atomic E-state index is 14.3. The number of non-ortho nitro benzene ring substituents is 1. The number of nitro benzene ring substituents is 1. The Kier molecular flexibility index (Phi) is 6.99. The Hall–Kier alpha value is -3.96. The largest absolute Gasteiger partial charge is 0.488 e. The first-order valence-electron chi connectivity index (χ1n) is 10.1. The molecule has 1 heterocycles. The molecule has 1 saturated heterocycles. The molecule has 11 heteroatoms. The molecule has 2 amide bonds. The first-order valence-corrected chi connectivity index (χ1v) is 11.3. The van der Waals surface area contributed by atoms with Gasteiger partial charge in [-0.1, -0.05) is 18.2 Å². The van der Waals surface area contributed by atoms with Crippen LogP contribution in [0.1, 0.15) is 11.1 Å². The van der Waals surface area contributed by atoms with Crippen LogP contribution in [0.2, 0.25) is 0 Å². The SMILES string of the molecule is O=C1NC(=S)N(c2ccccc2F)C(=O)/C1=C/c1ccc(OCc2ccc([N+](=O)[O-])cc2)c(Br)c1. The van der Waals surface area contributed by atoms with E-state index in [2.05, 4.69) is 21.2 Å². The Morgan fingerprint density at radius 3 is 2.49 bits per heavy atom. The van der Waals surface area contributed by atoms with Gasteiger partial charge in [-0.05, 0) is 81.7 Å². The number of rotatable bonds is 6. The number of nitrogens with zero attached hydrogens (tertiary/aromatic N) is 2. The van der Waals surface area contributed by atoms with Gasteiger partial charge in [0.05, 0.1) is 15.1 Å². The zero-order chi connectivity index (χ0) is 25.1. The van der Waals surface area contributed by atoms with Crippen molar-refractivity contribution in [3.8, 4) is 5.75 Å². The minimum absolute atomic E-state index is 0.0112. The van der Waals surface area contributed by atoms with Gasteiger partial charge in [0.25, 0.3) is 17.5 Å². The number of nitrogens with one attached hydrogen (secondary N) is 1. The minimum atomic E-state index is -0.751. The predicted octanol–water partition coefficient (Wildman–Crippen LogP) is 4.91. The summed E-state index contributed by atoms with van der Waals surface area (Å²) in [5, 5.41) is 13.0. The van der Waals surface area contributed by atoms with Crippen molar-refractivity contribution >= 4 is 62.5 Å². The van der Waals surface area contributed by atoms with Crippen LogP contribution < -0.4 is 15.0 Å². The molecule has 4 rings (SSSR count). The number of thiocarbonyl (C=S) groups is 1. The van der Waals surface area contributed by atoms with E-state index in [1.54, 1.807) is 36.4 Å². The molecule has 8 nitrogen and oxygen atoms in total. The lowest BCUT2D eigenvalue weighted by Crippen LogP contribution is -2.54. The number of carbonyl (C=O) groups is 2. The zero-order valence-corrected chi connectivity index (χ0v) is 20.1. The summed E-state index contributed by atoms with van der Waals surface area (Å²) < 4.78 is 20.6. The monoisotopic (exact) mass is 555 g/mol. The molecule has 0 bridgehead atoms. The number of para-hydroxylation sites is 1. The number of ether oxygens (including phenoxy) is 1. The summed E-state index contributed by atoms with van der Waals surface area (Å²) in [5.41, 5.74) is 0.961. The molecular weight excluding hydrogens is 541 g/mol. The molecule has 3 aromatic carbocycles. The van der Waals surface area contributed by atoms with E-state index in [0.29, 0.717) is 15.8 Å². The lowest BCUT2D eigenvalue weighted by atomic mass is 10.1. The van der Waals surface area contributed by atoms with Crippen molar-refractivity contribution in [2.45, 2.75) is 6.61 Å². The van der Waals surface area contributed by atoms with Gasteiger partial charge >= 0.3 is 0 Å². The van der Waals surface area contributed by atoms with Crippen LogP contribution in [-0.4, -0.2) is 21.9 Å². The highest BCUT2D eigenvalue weighted by atomic mass is 79.9. The smallest absolute Gasteiger partial charge is 0.270 e. The van der Waals surface area contributed by atoms with Gasteiger partial charge in [-0.15, -0.1) is 0 Å².